The Labute approximate surface area is 109 Å². The zero-order chi connectivity index (χ0) is 12.9. The summed E-state index contributed by atoms with van der Waals surface area (Å²) in [6, 6.07) is 0.364. The molecule has 0 aliphatic carbocycles. The molecule has 1 atom stereocenters. The predicted molar refractivity (Wildman–Crippen MR) is 75.6 cm³/mol. The van der Waals surface area contributed by atoms with Crippen LogP contribution in [0.3, 0.4) is 0 Å². The van der Waals surface area contributed by atoms with Gasteiger partial charge in [0, 0.05) is 16.6 Å². The molecule has 1 aromatic rings. The van der Waals surface area contributed by atoms with E-state index < -0.39 is 0 Å². The molecule has 1 heterocycles. The fraction of sp³-hybridized carbons (Fsp3) is 0.769. The molecule has 1 rings (SSSR count). The van der Waals surface area contributed by atoms with E-state index in [-0.39, 0.29) is 5.54 Å². The second-order valence-electron chi connectivity index (χ2n) is 5.52. The molecule has 4 heteroatoms. The number of aryl methyl sites for hydroxylation is 1. The van der Waals surface area contributed by atoms with Crippen LogP contribution < -0.4 is 10.6 Å². The van der Waals surface area contributed by atoms with Crippen molar-refractivity contribution >= 4 is 11.3 Å². The maximum atomic E-state index is 4.39. The van der Waals surface area contributed by atoms with Crippen molar-refractivity contribution in [3.05, 3.63) is 16.1 Å². The van der Waals surface area contributed by atoms with Crippen molar-refractivity contribution in [3.8, 4) is 0 Å². The van der Waals surface area contributed by atoms with E-state index in [2.05, 4.69) is 50.2 Å². The third-order valence-corrected chi connectivity index (χ3v) is 3.56. The highest BCUT2D eigenvalue weighted by atomic mass is 32.1. The van der Waals surface area contributed by atoms with Crippen LogP contribution in [0.15, 0.2) is 6.20 Å². The van der Waals surface area contributed by atoms with Gasteiger partial charge in [-0.15, -0.1) is 11.3 Å². The molecule has 98 valence electrons. The summed E-state index contributed by atoms with van der Waals surface area (Å²) in [5.74, 6) is 0. The standard InChI is InChI=1S/C13H25N3S/c1-10-9-15-12(17-10)11(2)14-7-6-8-16-13(3,4)5/h9,11,14,16H,6-8H2,1-5H3. The molecule has 0 spiro atoms. The molecule has 3 nitrogen and oxygen atoms in total. The Morgan fingerprint density at radius 2 is 2.06 bits per heavy atom. The Morgan fingerprint density at radius 3 is 2.59 bits per heavy atom. The molecular weight excluding hydrogens is 230 g/mol. The minimum absolute atomic E-state index is 0.220. The van der Waals surface area contributed by atoms with E-state index in [1.54, 1.807) is 11.3 Å². The summed E-state index contributed by atoms with van der Waals surface area (Å²) in [6.45, 7) is 12.9. The molecule has 0 saturated heterocycles. The van der Waals surface area contributed by atoms with Gasteiger partial charge in [0.1, 0.15) is 5.01 Å². The van der Waals surface area contributed by atoms with Crippen LogP contribution in [0.2, 0.25) is 0 Å². The zero-order valence-electron chi connectivity index (χ0n) is 11.6. The van der Waals surface area contributed by atoms with Gasteiger partial charge in [-0.05, 0) is 54.1 Å². The van der Waals surface area contributed by atoms with Gasteiger partial charge < -0.3 is 10.6 Å². The van der Waals surface area contributed by atoms with Crippen molar-refractivity contribution < 1.29 is 0 Å². The highest BCUT2D eigenvalue weighted by molar-refractivity contribution is 7.11. The molecular formula is C13H25N3S. The Kier molecular flexibility index (Phi) is 5.56. The van der Waals surface area contributed by atoms with Crippen LogP contribution in [0.1, 0.15) is 50.0 Å². The van der Waals surface area contributed by atoms with Crippen molar-refractivity contribution in [1.82, 2.24) is 15.6 Å². The summed E-state index contributed by atoms with van der Waals surface area (Å²) in [4.78, 5) is 5.67. The summed E-state index contributed by atoms with van der Waals surface area (Å²) in [6.07, 6.45) is 3.09. The van der Waals surface area contributed by atoms with Gasteiger partial charge in [0.05, 0.1) is 6.04 Å². The summed E-state index contributed by atoms with van der Waals surface area (Å²) in [7, 11) is 0. The topological polar surface area (TPSA) is 37.0 Å². The van der Waals surface area contributed by atoms with Gasteiger partial charge in [-0.3, -0.25) is 0 Å². The number of hydrogen-bond donors (Lipinski definition) is 2. The van der Waals surface area contributed by atoms with Crippen LogP contribution >= 0.6 is 11.3 Å². The van der Waals surface area contributed by atoms with Gasteiger partial charge >= 0.3 is 0 Å². The Hall–Kier alpha value is -0.450. The maximum absolute atomic E-state index is 4.39. The molecule has 0 radical (unpaired) electrons. The first-order valence-electron chi connectivity index (χ1n) is 6.29. The SMILES string of the molecule is Cc1cnc(C(C)NCCCNC(C)(C)C)s1. The Balaban J connectivity index is 2.15. The molecule has 1 aromatic heterocycles. The lowest BCUT2D eigenvalue weighted by Crippen LogP contribution is -2.37. The third-order valence-electron chi connectivity index (χ3n) is 2.47. The van der Waals surface area contributed by atoms with Crippen molar-refractivity contribution in [2.24, 2.45) is 0 Å². The molecule has 0 aliphatic heterocycles. The average Bonchev–Trinajstić information content (AvgIpc) is 2.62. The predicted octanol–water partition coefficient (Wildman–Crippen LogP) is 2.88. The van der Waals surface area contributed by atoms with Crippen molar-refractivity contribution in [1.29, 1.82) is 0 Å². The fourth-order valence-electron chi connectivity index (χ4n) is 1.53. The first-order chi connectivity index (χ1) is 7.88. The molecule has 17 heavy (non-hydrogen) atoms. The van der Waals surface area contributed by atoms with Gasteiger partial charge in [-0.1, -0.05) is 0 Å². The fourth-order valence-corrected chi connectivity index (χ4v) is 2.33. The van der Waals surface area contributed by atoms with Gasteiger partial charge in [-0.2, -0.15) is 0 Å². The van der Waals surface area contributed by atoms with E-state index >= 15 is 0 Å². The van der Waals surface area contributed by atoms with Gasteiger partial charge in [-0.25, -0.2) is 4.98 Å². The molecule has 0 aromatic carbocycles. The molecule has 0 bridgehead atoms. The van der Waals surface area contributed by atoms with Crippen LogP contribution in [-0.2, 0) is 0 Å². The zero-order valence-corrected chi connectivity index (χ0v) is 12.4. The third kappa shape index (κ3) is 6.15. The smallest absolute Gasteiger partial charge is 0.109 e. The number of nitrogens with one attached hydrogen (secondary N) is 2. The number of aromatic nitrogens is 1. The van der Waals surface area contributed by atoms with Crippen LogP contribution in [0.4, 0.5) is 0 Å². The van der Waals surface area contributed by atoms with Gasteiger partial charge in [0.2, 0.25) is 0 Å². The second kappa shape index (κ2) is 6.47. The van der Waals surface area contributed by atoms with Crippen molar-refractivity contribution in [2.45, 2.75) is 52.6 Å². The summed E-state index contributed by atoms with van der Waals surface area (Å²) in [5.41, 5.74) is 0.220. The largest absolute Gasteiger partial charge is 0.312 e. The maximum Gasteiger partial charge on any atom is 0.109 e. The van der Waals surface area contributed by atoms with Crippen molar-refractivity contribution in [3.63, 3.8) is 0 Å². The molecule has 0 aliphatic rings. The normalized spacial score (nSPS) is 13.9. The van der Waals surface area contributed by atoms with Gasteiger partial charge in [0.15, 0.2) is 0 Å². The summed E-state index contributed by atoms with van der Waals surface area (Å²) in [5, 5.41) is 8.18. The Bertz CT molecular complexity index is 328. The highest BCUT2D eigenvalue weighted by Gasteiger charge is 2.09. The van der Waals surface area contributed by atoms with Crippen LogP contribution in [-0.4, -0.2) is 23.6 Å². The molecule has 1 unspecified atom stereocenters. The van der Waals surface area contributed by atoms with Crippen LogP contribution in [0, 0.1) is 6.92 Å². The quantitative estimate of drug-likeness (QED) is 0.768. The second-order valence-corrected chi connectivity index (χ2v) is 6.78. The van der Waals surface area contributed by atoms with E-state index in [4.69, 9.17) is 0 Å². The first-order valence-corrected chi connectivity index (χ1v) is 7.11. The van der Waals surface area contributed by atoms with Crippen LogP contribution in [0.5, 0.6) is 0 Å². The number of hydrogen-bond acceptors (Lipinski definition) is 4. The summed E-state index contributed by atoms with van der Waals surface area (Å²) >= 11 is 1.77. The number of rotatable bonds is 6. The minimum atomic E-state index is 0.220. The van der Waals surface area contributed by atoms with E-state index in [0.29, 0.717) is 6.04 Å². The molecule has 0 amide bonds. The van der Waals surface area contributed by atoms with E-state index in [1.165, 1.54) is 9.88 Å². The average molecular weight is 255 g/mol. The van der Waals surface area contributed by atoms with Crippen LogP contribution in [0.25, 0.3) is 0 Å². The lowest BCUT2D eigenvalue weighted by Gasteiger charge is -2.20. The first kappa shape index (κ1) is 14.6. The lowest BCUT2D eigenvalue weighted by molar-refractivity contribution is 0.414. The van der Waals surface area contributed by atoms with Crippen molar-refractivity contribution in [2.75, 3.05) is 13.1 Å². The highest BCUT2D eigenvalue weighted by Crippen LogP contribution is 2.18. The molecule has 2 N–H and O–H groups in total. The Morgan fingerprint density at radius 1 is 1.35 bits per heavy atom. The van der Waals surface area contributed by atoms with Gasteiger partial charge in [0.25, 0.3) is 0 Å². The molecule has 0 fully saturated rings. The monoisotopic (exact) mass is 255 g/mol. The lowest BCUT2D eigenvalue weighted by atomic mass is 10.1. The number of thiazole rings is 1. The molecule has 0 saturated carbocycles. The van der Waals surface area contributed by atoms with E-state index in [9.17, 15) is 0 Å². The number of nitrogens with zero attached hydrogens (tertiary/aromatic N) is 1. The van der Waals surface area contributed by atoms with E-state index in [0.717, 1.165) is 19.5 Å². The van der Waals surface area contributed by atoms with E-state index in [1.807, 2.05) is 6.20 Å². The summed E-state index contributed by atoms with van der Waals surface area (Å²) < 4.78 is 0. The minimum Gasteiger partial charge on any atom is -0.312 e.